The highest BCUT2D eigenvalue weighted by Crippen LogP contribution is 2.25. The van der Waals surface area contributed by atoms with Crippen molar-refractivity contribution >= 4 is 34.3 Å². The maximum absolute atomic E-state index is 11.1. The number of methoxy groups -OCH3 is 2. The predicted molar refractivity (Wildman–Crippen MR) is 64.9 cm³/mol. The quantitative estimate of drug-likeness (QED) is 0.674. The van der Waals surface area contributed by atoms with Crippen molar-refractivity contribution in [3.63, 3.8) is 0 Å². The molecule has 1 N–H and O–H groups in total. The van der Waals surface area contributed by atoms with Gasteiger partial charge in [-0.2, -0.15) is 4.98 Å². The minimum Gasteiger partial charge on any atom is -0.491 e. The number of anilines is 1. The summed E-state index contributed by atoms with van der Waals surface area (Å²) in [4.78, 5) is 15.2. The SMILES string of the molecule is COc1ccc(NC(=O)CI)nc1OC. The first-order valence-corrected chi connectivity index (χ1v) is 5.68. The summed E-state index contributed by atoms with van der Waals surface area (Å²) in [6, 6.07) is 3.35. The van der Waals surface area contributed by atoms with E-state index in [4.69, 9.17) is 9.47 Å². The second kappa shape index (κ2) is 5.74. The number of aromatic nitrogens is 1. The maximum atomic E-state index is 11.1. The molecule has 0 radical (unpaired) electrons. The lowest BCUT2D eigenvalue weighted by Gasteiger charge is -2.08. The van der Waals surface area contributed by atoms with Gasteiger partial charge in [0.25, 0.3) is 5.88 Å². The van der Waals surface area contributed by atoms with Crippen LogP contribution in [0.2, 0.25) is 0 Å². The van der Waals surface area contributed by atoms with Crippen LogP contribution in [0.3, 0.4) is 0 Å². The monoisotopic (exact) mass is 322 g/mol. The molecule has 0 atom stereocenters. The molecule has 0 bridgehead atoms. The zero-order valence-corrected chi connectivity index (χ0v) is 10.6. The number of ether oxygens (including phenoxy) is 2. The summed E-state index contributed by atoms with van der Waals surface area (Å²) in [5.74, 6) is 1.23. The Morgan fingerprint density at radius 1 is 1.47 bits per heavy atom. The number of hydrogen-bond donors (Lipinski definition) is 1. The van der Waals surface area contributed by atoms with E-state index in [1.54, 1.807) is 12.1 Å². The molecule has 1 aromatic rings. The van der Waals surface area contributed by atoms with Crippen LogP contribution in [0.4, 0.5) is 5.82 Å². The Bertz CT molecular complexity index is 357. The number of pyridine rings is 1. The number of alkyl halides is 1. The highest BCUT2D eigenvalue weighted by molar-refractivity contribution is 14.1. The Hall–Kier alpha value is -1.05. The van der Waals surface area contributed by atoms with Gasteiger partial charge in [0.15, 0.2) is 5.75 Å². The molecule has 1 heterocycles. The first kappa shape index (κ1) is 12.0. The second-order valence-electron chi connectivity index (χ2n) is 2.59. The highest BCUT2D eigenvalue weighted by Gasteiger charge is 2.07. The average molecular weight is 322 g/mol. The van der Waals surface area contributed by atoms with Crippen molar-refractivity contribution < 1.29 is 14.3 Å². The summed E-state index contributed by atoms with van der Waals surface area (Å²) in [5, 5.41) is 2.62. The highest BCUT2D eigenvalue weighted by atomic mass is 127. The molecule has 1 amide bonds. The third-order valence-corrected chi connectivity index (χ3v) is 2.32. The minimum atomic E-state index is -0.102. The van der Waals surface area contributed by atoms with E-state index < -0.39 is 0 Å². The third-order valence-electron chi connectivity index (χ3n) is 1.63. The molecule has 0 saturated heterocycles. The Morgan fingerprint density at radius 2 is 2.20 bits per heavy atom. The smallest absolute Gasteiger partial charge is 0.258 e. The fourth-order valence-corrected chi connectivity index (χ4v) is 1.17. The second-order valence-corrected chi connectivity index (χ2v) is 3.35. The van der Waals surface area contributed by atoms with Crippen LogP contribution in [0.15, 0.2) is 12.1 Å². The summed E-state index contributed by atoms with van der Waals surface area (Å²) in [5.41, 5.74) is 0. The Morgan fingerprint density at radius 3 is 2.73 bits per heavy atom. The van der Waals surface area contributed by atoms with Gasteiger partial charge in [-0.1, -0.05) is 22.6 Å². The van der Waals surface area contributed by atoms with E-state index in [2.05, 4.69) is 10.3 Å². The molecule has 0 spiro atoms. The largest absolute Gasteiger partial charge is 0.491 e. The van der Waals surface area contributed by atoms with Crippen LogP contribution in [0, 0.1) is 0 Å². The molecule has 0 unspecified atom stereocenters. The van der Waals surface area contributed by atoms with Crippen molar-refractivity contribution in [1.82, 2.24) is 4.98 Å². The van der Waals surface area contributed by atoms with E-state index in [-0.39, 0.29) is 5.91 Å². The molecule has 6 heteroatoms. The molecular weight excluding hydrogens is 311 g/mol. The average Bonchev–Trinajstić information content (AvgIpc) is 2.28. The number of carbonyl (C=O) groups excluding carboxylic acids is 1. The predicted octanol–water partition coefficient (Wildman–Crippen LogP) is 1.47. The zero-order chi connectivity index (χ0) is 11.3. The number of carbonyl (C=O) groups is 1. The topological polar surface area (TPSA) is 60.5 Å². The van der Waals surface area contributed by atoms with Gasteiger partial charge in [-0.3, -0.25) is 4.79 Å². The van der Waals surface area contributed by atoms with E-state index >= 15 is 0 Å². The summed E-state index contributed by atoms with van der Waals surface area (Å²) in [6.45, 7) is 0. The van der Waals surface area contributed by atoms with Gasteiger partial charge in [-0.05, 0) is 12.1 Å². The van der Waals surface area contributed by atoms with Crippen LogP contribution < -0.4 is 14.8 Å². The Labute approximate surface area is 101 Å². The van der Waals surface area contributed by atoms with Crippen molar-refractivity contribution in [2.75, 3.05) is 24.0 Å². The fourth-order valence-electron chi connectivity index (χ4n) is 0.975. The van der Waals surface area contributed by atoms with Gasteiger partial charge in [-0.15, -0.1) is 0 Å². The van der Waals surface area contributed by atoms with Gasteiger partial charge in [-0.25, -0.2) is 0 Å². The van der Waals surface area contributed by atoms with Gasteiger partial charge in [0, 0.05) is 0 Å². The molecule has 0 aromatic carbocycles. The van der Waals surface area contributed by atoms with Crippen molar-refractivity contribution in [2.24, 2.45) is 0 Å². The van der Waals surface area contributed by atoms with Gasteiger partial charge in [0.2, 0.25) is 5.91 Å². The van der Waals surface area contributed by atoms with Crippen LogP contribution in [-0.4, -0.2) is 29.5 Å². The number of hydrogen-bond acceptors (Lipinski definition) is 4. The summed E-state index contributed by atoms with van der Waals surface area (Å²) in [7, 11) is 3.03. The zero-order valence-electron chi connectivity index (χ0n) is 8.41. The van der Waals surface area contributed by atoms with E-state index in [0.29, 0.717) is 21.9 Å². The molecule has 0 aliphatic rings. The summed E-state index contributed by atoms with van der Waals surface area (Å²) in [6.07, 6.45) is 0. The normalized spacial score (nSPS) is 9.53. The number of nitrogens with one attached hydrogen (secondary N) is 1. The van der Waals surface area contributed by atoms with Gasteiger partial charge in [0.1, 0.15) is 5.82 Å². The number of nitrogens with zero attached hydrogens (tertiary/aromatic N) is 1. The summed E-state index contributed by atoms with van der Waals surface area (Å²) >= 11 is 1.98. The van der Waals surface area contributed by atoms with Crippen LogP contribution in [0.5, 0.6) is 11.6 Å². The van der Waals surface area contributed by atoms with Crippen molar-refractivity contribution in [3.8, 4) is 11.6 Å². The molecule has 82 valence electrons. The molecule has 5 nitrogen and oxygen atoms in total. The molecule has 0 fully saturated rings. The van der Waals surface area contributed by atoms with Crippen LogP contribution in [0.25, 0.3) is 0 Å². The Balaban J connectivity index is 2.88. The van der Waals surface area contributed by atoms with Gasteiger partial charge < -0.3 is 14.8 Å². The van der Waals surface area contributed by atoms with Crippen LogP contribution >= 0.6 is 22.6 Å². The lowest BCUT2D eigenvalue weighted by atomic mass is 10.4. The number of amides is 1. The fraction of sp³-hybridized carbons (Fsp3) is 0.333. The van der Waals surface area contributed by atoms with Crippen LogP contribution in [0.1, 0.15) is 0 Å². The van der Waals surface area contributed by atoms with Crippen molar-refractivity contribution in [1.29, 1.82) is 0 Å². The lowest BCUT2D eigenvalue weighted by molar-refractivity contribution is -0.113. The lowest BCUT2D eigenvalue weighted by Crippen LogP contribution is -2.13. The molecule has 0 aliphatic heterocycles. The minimum absolute atomic E-state index is 0.102. The van der Waals surface area contributed by atoms with Gasteiger partial charge >= 0.3 is 0 Å². The van der Waals surface area contributed by atoms with E-state index in [0.717, 1.165) is 0 Å². The first-order chi connectivity index (χ1) is 7.21. The van der Waals surface area contributed by atoms with E-state index in [1.165, 1.54) is 14.2 Å². The van der Waals surface area contributed by atoms with E-state index in [9.17, 15) is 4.79 Å². The van der Waals surface area contributed by atoms with Crippen LogP contribution in [-0.2, 0) is 4.79 Å². The standard InChI is InChI=1S/C9H11IN2O3/c1-14-6-3-4-7(11-8(13)5-10)12-9(6)15-2/h3-4H,5H2,1-2H3,(H,11,12,13). The summed E-state index contributed by atoms with van der Waals surface area (Å²) < 4.78 is 10.4. The maximum Gasteiger partial charge on any atom is 0.258 e. The molecular formula is C9H11IN2O3. The first-order valence-electron chi connectivity index (χ1n) is 4.16. The molecule has 1 aromatic heterocycles. The number of halogens is 1. The number of rotatable bonds is 4. The Kier molecular flexibility index (Phi) is 4.60. The molecule has 1 rings (SSSR count). The van der Waals surface area contributed by atoms with E-state index in [1.807, 2.05) is 22.6 Å². The molecule has 15 heavy (non-hydrogen) atoms. The molecule has 0 saturated carbocycles. The van der Waals surface area contributed by atoms with Crippen molar-refractivity contribution in [2.45, 2.75) is 0 Å². The van der Waals surface area contributed by atoms with Crippen molar-refractivity contribution in [3.05, 3.63) is 12.1 Å². The third kappa shape index (κ3) is 3.22. The molecule has 0 aliphatic carbocycles. The van der Waals surface area contributed by atoms with Gasteiger partial charge in [0.05, 0.1) is 18.6 Å².